The van der Waals surface area contributed by atoms with Crippen molar-refractivity contribution in [2.45, 2.75) is 32.2 Å². The van der Waals surface area contributed by atoms with Crippen molar-refractivity contribution in [3.8, 4) is 5.88 Å². The molecule has 0 amide bonds. The van der Waals surface area contributed by atoms with Crippen LogP contribution in [0.1, 0.15) is 34.9 Å². The average molecular weight is 278 g/mol. The molecule has 1 aliphatic carbocycles. The number of aromatic hydroxyl groups is 1. The first-order valence-corrected chi connectivity index (χ1v) is 7.08. The van der Waals surface area contributed by atoms with E-state index in [2.05, 4.69) is 4.98 Å². The SMILES string of the molecule is Cc1c(O)n(C2CCCc3sccc32)c(=O)[nH]c1=O. The van der Waals surface area contributed by atoms with Gasteiger partial charge in [-0.15, -0.1) is 11.3 Å². The van der Waals surface area contributed by atoms with Crippen LogP contribution in [0.5, 0.6) is 5.88 Å². The summed E-state index contributed by atoms with van der Waals surface area (Å²) in [6.45, 7) is 1.52. The summed E-state index contributed by atoms with van der Waals surface area (Å²) >= 11 is 1.67. The monoisotopic (exact) mass is 278 g/mol. The maximum Gasteiger partial charge on any atom is 0.331 e. The number of nitrogens with one attached hydrogen (secondary N) is 1. The highest BCUT2D eigenvalue weighted by Gasteiger charge is 2.26. The molecule has 1 aliphatic rings. The Hall–Kier alpha value is -1.82. The Morgan fingerprint density at radius 3 is 3.05 bits per heavy atom. The van der Waals surface area contributed by atoms with E-state index in [4.69, 9.17) is 0 Å². The molecule has 0 spiro atoms. The number of rotatable bonds is 1. The first kappa shape index (κ1) is 12.2. The van der Waals surface area contributed by atoms with E-state index in [1.54, 1.807) is 11.3 Å². The number of aryl methyl sites for hydroxylation is 1. The van der Waals surface area contributed by atoms with Gasteiger partial charge in [0, 0.05) is 4.88 Å². The van der Waals surface area contributed by atoms with Crippen molar-refractivity contribution in [2.24, 2.45) is 0 Å². The Morgan fingerprint density at radius 1 is 1.47 bits per heavy atom. The van der Waals surface area contributed by atoms with Gasteiger partial charge in [0.2, 0.25) is 5.88 Å². The summed E-state index contributed by atoms with van der Waals surface area (Å²) in [5, 5.41) is 12.1. The highest BCUT2D eigenvalue weighted by Crippen LogP contribution is 2.36. The number of hydrogen-bond donors (Lipinski definition) is 2. The van der Waals surface area contributed by atoms with E-state index in [0.29, 0.717) is 0 Å². The maximum absolute atomic E-state index is 12.0. The van der Waals surface area contributed by atoms with Gasteiger partial charge in [-0.1, -0.05) is 0 Å². The molecule has 2 heterocycles. The molecule has 1 unspecified atom stereocenters. The van der Waals surface area contributed by atoms with Crippen molar-refractivity contribution in [3.63, 3.8) is 0 Å². The second kappa shape index (κ2) is 4.38. The van der Waals surface area contributed by atoms with Gasteiger partial charge in [0.05, 0.1) is 11.6 Å². The molecule has 100 valence electrons. The van der Waals surface area contributed by atoms with E-state index in [1.807, 2.05) is 11.4 Å². The predicted molar refractivity (Wildman–Crippen MR) is 73.1 cm³/mol. The third-order valence-electron chi connectivity index (χ3n) is 3.68. The summed E-state index contributed by atoms with van der Waals surface area (Å²) in [7, 11) is 0. The molecule has 0 aromatic carbocycles. The number of nitrogens with zero attached hydrogens (tertiary/aromatic N) is 1. The van der Waals surface area contributed by atoms with Gasteiger partial charge in [-0.25, -0.2) is 4.79 Å². The zero-order valence-electron chi connectivity index (χ0n) is 10.5. The van der Waals surface area contributed by atoms with E-state index < -0.39 is 11.2 Å². The van der Waals surface area contributed by atoms with Crippen LogP contribution in [0.25, 0.3) is 0 Å². The average Bonchev–Trinajstić information content (AvgIpc) is 2.85. The van der Waals surface area contributed by atoms with Crippen LogP contribution < -0.4 is 11.2 Å². The molecule has 6 heteroatoms. The van der Waals surface area contributed by atoms with Crippen molar-refractivity contribution < 1.29 is 5.11 Å². The number of aromatic amines is 1. The topological polar surface area (TPSA) is 75.1 Å². The van der Waals surface area contributed by atoms with Crippen LogP contribution >= 0.6 is 11.3 Å². The molecule has 0 saturated heterocycles. The summed E-state index contributed by atoms with van der Waals surface area (Å²) in [6, 6.07) is 1.81. The summed E-state index contributed by atoms with van der Waals surface area (Å²) in [5.41, 5.74) is 0.194. The Balaban J connectivity index is 2.23. The van der Waals surface area contributed by atoms with Crippen LogP contribution in [-0.2, 0) is 6.42 Å². The molecule has 3 rings (SSSR count). The van der Waals surface area contributed by atoms with Crippen molar-refractivity contribution in [1.82, 2.24) is 9.55 Å². The fraction of sp³-hybridized carbons (Fsp3) is 0.385. The molecule has 2 N–H and O–H groups in total. The molecule has 19 heavy (non-hydrogen) atoms. The third-order valence-corrected chi connectivity index (χ3v) is 4.67. The van der Waals surface area contributed by atoms with Gasteiger partial charge in [0.1, 0.15) is 0 Å². The predicted octanol–water partition coefficient (Wildman–Crippen LogP) is 1.54. The Labute approximate surface area is 113 Å². The van der Waals surface area contributed by atoms with E-state index in [9.17, 15) is 14.7 Å². The first-order valence-electron chi connectivity index (χ1n) is 6.20. The lowest BCUT2D eigenvalue weighted by molar-refractivity contribution is 0.360. The molecule has 1 atom stereocenters. The van der Waals surface area contributed by atoms with Crippen molar-refractivity contribution in [3.05, 3.63) is 48.3 Å². The standard InChI is InChI=1S/C13H14N2O3S/c1-7-11(16)14-13(18)15(12(7)17)9-3-2-4-10-8(9)5-6-19-10/h5-6,9,17H,2-4H2,1H3,(H,14,16,18). The molecule has 5 nitrogen and oxygen atoms in total. The van der Waals surface area contributed by atoms with E-state index in [1.165, 1.54) is 16.4 Å². The van der Waals surface area contributed by atoms with Crippen molar-refractivity contribution in [2.75, 3.05) is 0 Å². The highest BCUT2D eigenvalue weighted by molar-refractivity contribution is 7.10. The number of fused-ring (bicyclic) bond motifs is 1. The fourth-order valence-electron chi connectivity index (χ4n) is 2.65. The summed E-state index contributed by atoms with van der Waals surface area (Å²) in [6.07, 6.45) is 2.78. The molecular formula is C13H14N2O3S. The lowest BCUT2D eigenvalue weighted by Gasteiger charge is -2.25. The Morgan fingerprint density at radius 2 is 2.26 bits per heavy atom. The van der Waals surface area contributed by atoms with Crippen molar-refractivity contribution in [1.29, 1.82) is 0 Å². The highest BCUT2D eigenvalue weighted by atomic mass is 32.1. The van der Waals surface area contributed by atoms with E-state index in [-0.39, 0.29) is 17.5 Å². The quantitative estimate of drug-likeness (QED) is 0.831. The van der Waals surface area contributed by atoms with Gasteiger partial charge < -0.3 is 5.11 Å². The van der Waals surface area contributed by atoms with Crippen LogP contribution in [0.15, 0.2) is 21.0 Å². The Bertz CT molecular complexity index is 741. The summed E-state index contributed by atoms with van der Waals surface area (Å²) in [5.74, 6) is -0.224. The molecule has 0 radical (unpaired) electrons. The number of hydrogen-bond acceptors (Lipinski definition) is 4. The van der Waals surface area contributed by atoms with Gasteiger partial charge in [-0.2, -0.15) is 0 Å². The number of thiophene rings is 1. The van der Waals surface area contributed by atoms with Gasteiger partial charge in [0.15, 0.2) is 0 Å². The molecule has 2 aromatic heterocycles. The lowest BCUT2D eigenvalue weighted by Crippen LogP contribution is -2.35. The summed E-state index contributed by atoms with van der Waals surface area (Å²) in [4.78, 5) is 27.0. The van der Waals surface area contributed by atoms with Crippen LogP contribution in [-0.4, -0.2) is 14.7 Å². The van der Waals surface area contributed by atoms with Crippen LogP contribution in [0.2, 0.25) is 0 Å². The second-order valence-corrected chi connectivity index (χ2v) is 5.79. The molecule has 2 aromatic rings. The van der Waals surface area contributed by atoms with Gasteiger partial charge in [0.25, 0.3) is 5.56 Å². The first-order chi connectivity index (χ1) is 9.09. The van der Waals surface area contributed by atoms with Gasteiger partial charge in [-0.05, 0) is 43.2 Å². The molecule has 0 bridgehead atoms. The molecule has 0 saturated carbocycles. The minimum Gasteiger partial charge on any atom is -0.494 e. The van der Waals surface area contributed by atoms with Gasteiger partial charge >= 0.3 is 5.69 Å². The smallest absolute Gasteiger partial charge is 0.331 e. The van der Waals surface area contributed by atoms with Crippen LogP contribution in [0.3, 0.4) is 0 Å². The number of H-pyrrole nitrogens is 1. The van der Waals surface area contributed by atoms with Gasteiger partial charge in [-0.3, -0.25) is 14.3 Å². The zero-order chi connectivity index (χ0) is 13.6. The summed E-state index contributed by atoms with van der Waals surface area (Å²) < 4.78 is 1.31. The molecular weight excluding hydrogens is 264 g/mol. The minimum absolute atomic E-state index is 0.182. The van der Waals surface area contributed by atoms with E-state index >= 15 is 0 Å². The fourth-order valence-corrected chi connectivity index (χ4v) is 3.63. The second-order valence-electron chi connectivity index (χ2n) is 4.79. The van der Waals surface area contributed by atoms with Crippen LogP contribution in [0, 0.1) is 6.92 Å². The van der Waals surface area contributed by atoms with Crippen molar-refractivity contribution >= 4 is 11.3 Å². The number of aromatic nitrogens is 2. The zero-order valence-corrected chi connectivity index (χ0v) is 11.3. The van der Waals surface area contributed by atoms with Crippen LogP contribution in [0.4, 0.5) is 0 Å². The van der Waals surface area contributed by atoms with E-state index in [0.717, 1.165) is 24.8 Å². The molecule has 0 aliphatic heterocycles. The maximum atomic E-state index is 12.0. The lowest BCUT2D eigenvalue weighted by atomic mass is 9.94. The minimum atomic E-state index is -0.544. The molecule has 0 fully saturated rings. The largest absolute Gasteiger partial charge is 0.494 e. The Kier molecular flexibility index (Phi) is 2.82. The third kappa shape index (κ3) is 1.83. The normalized spacial score (nSPS) is 18.3.